The molecule has 4 heteroatoms. The Morgan fingerprint density at radius 3 is 2.94 bits per heavy atom. The van der Waals surface area contributed by atoms with Crippen LogP contribution in [0, 0.1) is 5.92 Å². The van der Waals surface area contributed by atoms with E-state index < -0.39 is 0 Å². The van der Waals surface area contributed by atoms with E-state index in [0.717, 1.165) is 18.9 Å². The second-order valence-corrected chi connectivity index (χ2v) is 6.04. The third-order valence-corrected chi connectivity index (χ3v) is 4.46. The number of rotatable bonds is 5. The summed E-state index contributed by atoms with van der Waals surface area (Å²) in [6, 6.07) is 0. The van der Waals surface area contributed by atoms with Gasteiger partial charge in [-0.15, -0.1) is 0 Å². The molecule has 0 aliphatic carbocycles. The zero-order chi connectivity index (χ0) is 12.1. The van der Waals surface area contributed by atoms with Crippen molar-refractivity contribution in [2.24, 2.45) is 13.0 Å². The molecule has 1 saturated heterocycles. The first kappa shape index (κ1) is 13.0. The molecule has 1 aromatic rings. The molecule has 17 heavy (non-hydrogen) atoms. The number of thioether (sulfide) groups is 1. The monoisotopic (exact) mass is 253 g/mol. The summed E-state index contributed by atoms with van der Waals surface area (Å²) >= 11 is 2.10. The van der Waals surface area contributed by atoms with Crippen LogP contribution < -0.4 is 5.32 Å². The summed E-state index contributed by atoms with van der Waals surface area (Å²) in [6.45, 7) is 4.31. The van der Waals surface area contributed by atoms with E-state index in [0.29, 0.717) is 0 Å². The number of hydrogen-bond donors (Lipinski definition) is 1. The van der Waals surface area contributed by atoms with E-state index in [9.17, 15) is 0 Å². The van der Waals surface area contributed by atoms with E-state index in [2.05, 4.69) is 35.3 Å². The summed E-state index contributed by atoms with van der Waals surface area (Å²) in [7, 11) is 2.00. The predicted molar refractivity (Wildman–Crippen MR) is 74.3 cm³/mol. The lowest BCUT2D eigenvalue weighted by atomic mass is 10.0. The molecule has 1 N–H and O–H groups in total. The molecule has 96 valence electrons. The van der Waals surface area contributed by atoms with Gasteiger partial charge in [0.05, 0.1) is 5.69 Å². The van der Waals surface area contributed by atoms with Crippen molar-refractivity contribution in [3.05, 3.63) is 17.5 Å². The highest BCUT2D eigenvalue weighted by Crippen LogP contribution is 2.22. The van der Waals surface area contributed by atoms with Gasteiger partial charge in [0.15, 0.2) is 0 Å². The molecule has 1 fully saturated rings. The van der Waals surface area contributed by atoms with Gasteiger partial charge in [-0.3, -0.25) is 4.68 Å². The van der Waals surface area contributed by atoms with Gasteiger partial charge in [-0.25, -0.2) is 0 Å². The summed E-state index contributed by atoms with van der Waals surface area (Å²) < 4.78 is 1.92. The van der Waals surface area contributed by atoms with Gasteiger partial charge in [0.2, 0.25) is 0 Å². The highest BCUT2D eigenvalue weighted by Gasteiger charge is 2.13. The van der Waals surface area contributed by atoms with Gasteiger partial charge >= 0.3 is 0 Å². The maximum absolute atomic E-state index is 4.47. The smallest absolute Gasteiger partial charge is 0.0666 e. The predicted octanol–water partition coefficient (Wildman–Crippen LogP) is 2.22. The standard InChI is InChI=1S/C13H23N3S/c1-3-13-12(10-16(2)15-13)9-14-8-11-4-6-17-7-5-11/h10-11,14H,3-9H2,1-2H3. The van der Waals surface area contributed by atoms with Gasteiger partial charge < -0.3 is 5.32 Å². The van der Waals surface area contributed by atoms with Crippen LogP contribution in [0.3, 0.4) is 0 Å². The summed E-state index contributed by atoms with van der Waals surface area (Å²) in [5.41, 5.74) is 2.60. The molecule has 1 aliphatic heterocycles. The van der Waals surface area contributed by atoms with Crippen molar-refractivity contribution in [3.8, 4) is 0 Å². The minimum Gasteiger partial charge on any atom is -0.312 e. The Morgan fingerprint density at radius 1 is 1.47 bits per heavy atom. The van der Waals surface area contributed by atoms with Crippen LogP contribution in [0.25, 0.3) is 0 Å². The van der Waals surface area contributed by atoms with Crippen molar-refractivity contribution in [2.75, 3.05) is 18.1 Å². The molecule has 0 saturated carbocycles. The lowest BCUT2D eigenvalue weighted by Crippen LogP contribution is -2.25. The molecule has 2 heterocycles. The van der Waals surface area contributed by atoms with Gasteiger partial charge in [-0.1, -0.05) is 6.92 Å². The third kappa shape index (κ3) is 3.75. The van der Waals surface area contributed by atoms with Gasteiger partial charge in [-0.2, -0.15) is 16.9 Å². The van der Waals surface area contributed by atoms with Crippen molar-refractivity contribution < 1.29 is 0 Å². The second-order valence-electron chi connectivity index (χ2n) is 4.81. The summed E-state index contributed by atoms with van der Waals surface area (Å²) in [5.74, 6) is 3.58. The van der Waals surface area contributed by atoms with Crippen LogP contribution in [0.1, 0.15) is 31.0 Å². The maximum atomic E-state index is 4.47. The number of nitrogens with one attached hydrogen (secondary N) is 1. The fourth-order valence-corrected chi connectivity index (χ4v) is 3.59. The fraction of sp³-hybridized carbons (Fsp3) is 0.769. The first-order chi connectivity index (χ1) is 8.29. The Morgan fingerprint density at radius 2 is 2.24 bits per heavy atom. The van der Waals surface area contributed by atoms with Crippen LogP contribution in [0.4, 0.5) is 0 Å². The molecule has 1 aromatic heterocycles. The van der Waals surface area contributed by atoms with Crippen molar-refractivity contribution in [1.82, 2.24) is 15.1 Å². The Labute approximate surface area is 108 Å². The number of aromatic nitrogens is 2. The highest BCUT2D eigenvalue weighted by molar-refractivity contribution is 7.99. The topological polar surface area (TPSA) is 29.9 Å². The second kappa shape index (κ2) is 6.45. The molecule has 0 radical (unpaired) electrons. The summed E-state index contributed by atoms with van der Waals surface area (Å²) in [4.78, 5) is 0. The highest BCUT2D eigenvalue weighted by atomic mass is 32.2. The van der Waals surface area contributed by atoms with Gasteiger partial charge in [0, 0.05) is 25.4 Å². The molecule has 3 nitrogen and oxygen atoms in total. The molecule has 2 rings (SSSR count). The zero-order valence-electron chi connectivity index (χ0n) is 10.9. The van der Waals surface area contributed by atoms with E-state index in [4.69, 9.17) is 0 Å². The lowest BCUT2D eigenvalue weighted by molar-refractivity contribution is 0.447. The van der Waals surface area contributed by atoms with E-state index >= 15 is 0 Å². The van der Waals surface area contributed by atoms with Crippen molar-refractivity contribution >= 4 is 11.8 Å². The van der Waals surface area contributed by atoms with Crippen LogP contribution in [-0.4, -0.2) is 27.8 Å². The molecule has 0 bridgehead atoms. The molecular formula is C13H23N3S. The van der Waals surface area contributed by atoms with E-state index in [1.807, 2.05) is 11.7 Å². The molecule has 1 aliphatic rings. The maximum Gasteiger partial charge on any atom is 0.0666 e. The van der Waals surface area contributed by atoms with Crippen LogP contribution in [0.15, 0.2) is 6.20 Å². The van der Waals surface area contributed by atoms with E-state index in [1.54, 1.807) is 0 Å². The lowest BCUT2D eigenvalue weighted by Gasteiger charge is -2.21. The first-order valence-electron chi connectivity index (χ1n) is 6.59. The van der Waals surface area contributed by atoms with E-state index in [-0.39, 0.29) is 0 Å². The molecule has 0 atom stereocenters. The molecule has 0 amide bonds. The van der Waals surface area contributed by atoms with E-state index in [1.165, 1.54) is 42.1 Å². The zero-order valence-corrected chi connectivity index (χ0v) is 11.7. The normalized spacial score (nSPS) is 17.5. The molecule has 0 spiro atoms. The van der Waals surface area contributed by atoms with Crippen LogP contribution in [-0.2, 0) is 20.0 Å². The average Bonchev–Trinajstić information content (AvgIpc) is 2.71. The van der Waals surface area contributed by atoms with Gasteiger partial charge in [0.1, 0.15) is 0 Å². The number of aryl methyl sites for hydroxylation is 2. The average molecular weight is 253 g/mol. The molecule has 0 aromatic carbocycles. The Balaban J connectivity index is 1.76. The Hall–Kier alpha value is -0.480. The van der Waals surface area contributed by atoms with Crippen LogP contribution >= 0.6 is 11.8 Å². The van der Waals surface area contributed by atoms with Crippen molar-refractivity contribution in [3.63, 3.8) is 0 Å². The number of hydrogen-bond acceptors (Lipinski definition) is 3. The Bertz CT molecular complexity index is 342. The Kier molecular flexibility index (Phi) is 4.92. The number of nitrogens with zero attached hydrogens (tertiary/aromatic N) is 2. The SMILES string of the molecule is CCc1nn(C)cc1CNCC1CCSCC1. The molecule has 0 unspecified atom stereocenters. The summed E-state index contributed by atoms with van der Waals surface area (Å²) in [6.07, 6.45) is 5.93. The van der Waals surface area contributed by atoms with Gasteiger partial charge in [-0.05, 0) is 43.2 Å². The van der Waals surface area contributed by atoms with Gasteiger partial charge in [0.25, 0.3) is 0 Å². The first-order valence-corrected chi connectivity index (χ1v) is 7.75. The quantitative estimate of drug-likeness (QED) is 0.872. The minimum atomic E-state index is 0.887. The minimum absolute atomic E-state index is 0.887. The van der Waals surface area contributed by atoms with Crippen molar-refractivity contribution in [1.29, 1.82) is 0 Å². The summed E-state index contributed by atoms with van der Waals surface area (Å²) in [5, 5.41) is 8.06. The van der Waals surface area contributed by atoms with Crippen molar-refractivity contribution in [2.45, 2.75) is 32.7 Å². The third-order valence-electron chi connectivity index (χ3n) is 3.42. The fourth-order valence-electron chi connectivity index (χ4n) is 2.39. The van der Waals surface area contributed by atoms with Crippen LogP contribution in [0.2, 0.25) is 0 Å². The largest absolute Gasteiger partial charge is 0.312 e. The molecular weight excluding hydrogens is 230 g/mol. The van der Waals surface area contributed by atoms with Crippen LogP contribution in [0.5, 0.6) is 0 Å².